The van der Waals surface area contributed by atoms with E-state index in [0.717, 1.165) is 17.2 Å². The quantitative estimate of drug-likeness (QED) is 0.725. The Bertz CT molecular complexity index is 449. The second-order valence-electron chi connectivity index (χ2n) is 2.71. The SMILES string of the molecule is FC(F)(F)c1ncccc1-n1cncn1. The van der Waals surface area contributed by atoms with Gasteiger partial charge in [-0.15, -0.1) is 0 Å². The summed E-state index contributed by atoms with van der Waals surface area (Å²) in [4.78, 5) is 6.87. The van der Waals surface area contributed by atoms with Crippen LogP contribution in [0.4, 0.5) is 13.2 Å². The molecule has 4 nitrogen and oxygen atoms in total. The van der Waals surface area contributed by atoms with Gasteiger partial charge in [0.05, 0.1) is 5.69 Å². The summed E-state index contributed by atoms with van der Waals surface area (Å²) in [5.74, 6) is 0. The van der Waals surface area contributed by atoms with E-state index in [2.05, 4.69) is 15.1 Å². The summed E-state index contributed by atoms with van der Waals surface area (Å²) < 4.78 is 38.6. The predicted octanol–water partition coefficient (Wildman–Crippen LogP) is 1.68. The van der Waals surface area contributed by atoms with Crippen molar-refractivity contribution in [1.82, 2.24) is 19.7 Å². The summed E-state index contributed by atoms with van der Waals surface area (Å²) in [6.45, 7) is 0. The molecular formula is C8H5F3N4. The lowest BCUT2D eigenvalue weighted by atomic mass is 10.3. The molecule has 0 aliphatic rings. The molecule has 0 saturated carbocycles. The average molecular weight is 214 g/mol. The maximum absolute atomic E-state index is 12.5. The van der Waals surface area contributed by atoms with Crippen molar-refractivity contribution in [1.29, 1.82) is 0 Å². The van der Waals surface area contributed by atoms with Crippen molar-refractivity contribution in [2.24, 2.45) is 0 Å². The topological polar surface area (TPSA) is 43.6 Å². The zero-order valence-electron chi connectivity index (χ0n) is 7.31. The van der Waals surface area contributed by atoms with Crippen LogP contribution < -0.4 is 0 Å². The molecule has 2 aromatic rings. The Balaban J connectivity index is 2.58. The zero-order valence-corrected chi connectivity index (χ0v) is 7.31. The molecule has 2 rings (SSSR count). The third-order valence-corrected chi connectivity index (χ3v) is 1.72. The van der Waals surface area contributed by atoms with Gasteiger partial charge >= 0.3 is 6.18 Å². The molecule has 78 valence electrons. The number of hydrogen-bond acceptors (Lipinski definition) is 3. The summed E-state index contributed by atoms with van der Waals surface area (Å²) in [6, 6.07) is 2.69. The van der Waals surface area contributed by atoms with Gasteiger partial charge in [0.15, 0.2) is 5.69 Å². The first-order chi connectivity index (χ1) is 7.09. The Morgan fingerprint density at radius 1 is 1.27 bits per heavy atom. The van der Waals surface area contributed by atoms with E-state index in [1.807, 2.05) is 0 Å². The first kappa shape index (κ1) is 9.63. The second-order valence-corrected chi connectivity index (χ2v) is 2.71. The monoisotopic (exact) mass is 214 g/mol. The minimum atomic E-state index is -4.50. The van der Waals surface area contributed by atoms with Crippen LogP contribution in [-0.4, -0.2) is 19.7 Å². The van der Waals surface area contributed by atoms with E-state index >= 15 is 0 Å². The molecular weight excluding hydrogens is 209 g/mol. The Morgan fingerprint density at radius 3 is 2.67 bits per heavy atom. The second kappa shape index (κ2) is 3.34. The maximum Gasteiger partial charge on any atom is 0.435 e. The number of aromatic nitrogens is 4. The lowest BCUT2D eigenvalue weighted by Gasteiger charge is -2.10. The van der Waals surface area contributed by atoms with Gasteiger partial charge in [-0.1, -0.05) is 0 Å². The minimum absolute atomic E-state index is 0.137. The van der Waals surface area contributed by atoms with Crippen molar-refractivity contribution < 1.29 is 13.2 Å². The van der Waals surface area contributed by atoms with Crippen LogP contribution in [0, 0.1) is 0 Å². The molecule has 0 aromatic carbocycles. The summed E-state index contributed by atoms with van der Waals surface area (Å²) in [6.07, 6.45) is -1.06. The molecule has 0 unspecified atom stereocenters. The van der Waals surface area contributed by atoms with Crippen LogP contribution in [0.15, 0.2) is 31.0 Å². The van der Waals surface area contributed by atoms with Crippen molar-refractivity contribution in [3.8, 4) is 5.69 Å². The van der Waals surface area contributed by atoms with Gasteiger partial charge < -0.3 is 0 Å². The largest absolute Gasteiger partial charge is 0.435 e. The molecule has 0 aliphatic carbocycles. The summed E-state index contributed by atoms with van der Waals surface area (Å²) >= 11 is 0. The molecule has 7 heteroatoms. The van der Waals surface area contributed by atoms with Gasteiger partial charge in [0, 0.05) is 6.20 Å². The summed E-state index contributed by atoms with van der Waals surface area (Å²) in [5.41, 5.74) is -1.11. The molecule has 0 aliphatic heterocycles. The first-order valence-electron chi connectivity index (χ1n) is 3.96. The van der Waals surface area contributed by atoms with Gasteiger partial charge in [-0.3, -0.25) is 0 Å². The van der Waals surface area contributed by atoms with E-state index < -0.39 is 11.9 Å². The van der Waals surface area contributed by atoms with E-state index in [-0.39, 0.29) is 5.69 Å². The van der Waals surface area contributed by atoms with Gasteiger partial charge in [0.1, 0.15) is 12.7 Å². The Labute approximate surface area is 82.4 Å². The average Bonchev–Trinajstić information content (AvgIpc) is 2.69. The fourth-order valence-corrected chi connectivity index (χ4v) is 1.13. The maximum atomic E-state index is 12.5. The van der Waals surface area contributed by atoms with Crippen LogP contribution in [-0.2, 0) is 6.18 Å². The first-order valence-corrected chi connectivity index (χ1v) is 3.96. The van der Waals surface area contributed by atoms with Gasteiger partial charge in [0.2, 0.25) is 0 Å². The molecule has 2 aromatic heterocycles. The van der Waals surface area contributed by atoms with Crippen LogP contribution >= 0.6 is 0 Å². The number of alkyl halides is 3. The number of halogens is 3. The normalized spacial score (nSPS) is 11.7. The highest BCUT2D eigenvalue weighted by atomic mass is 19.4. The smallest absolute Gasteiger partial charge is 0.250 e. The van der Waals surface area contributed by atoms with E-state index in [4.69, 9.17) is 0 Å². The fourth-order valence-electron chi connectivity index (χ4n) is 1.13. The predicted molar refractivity (Wildman–Crippen MR) is 44.2 cm³/mol. The van der Waals surface area contributed by atoms with Crippen LogP contribution in [0.25, 0.3) is 5.69 Å². The van der Waals surface area contributed by atoms with Gasteiger partial charge in [0.25, 0.3) is 0 Å². The van der Waals surface area contributed by atoms with E-state index in [0.29, 0.717) is 0 Å². The van der Waals surface area contributed by atoms with Crippen molar-refractivity contribution in [3.05, 3.63) is 36.7 Å². The molecule has 15 heavy (non-hydrogen) atoms. The molecule has 0 bridgehead atoms. The Morgan fingerprint density at radius 2 is 2.07 bits per heavy atom. The van der Waals surface area contributed by atoms with Gasteiger partial charge in [-0.05, 0) is 12.1 Å². The molecule has 0 fully saturated rings. The Kier molecular flexibility index (Phi) is 2.14. The highest BCUT2D eigenvalue weighted by Gasteiger charge is 2.35. The van der Waals surface area contributed by atoms with Gasteiger partial charge in [-0.25, -0.2) is 14.6 Å². The lowest BCUT2D eigenvalue weighted by molar-refractivity contribution is -0.141. The number of hydrogen-bond donors (Lipinski definition) is 0. The van der Waals surface area contributed by atoms with Crippen molar-refractivity contribution >= 4 is 0 Å². The third-order valence-electron chi connectivity index (χ3n) is 1.72. The summed E-state index contributed by atoms with van der Waals surface area (Å²) in [7, 11) is 0. The molecule has 0 radical (unpaired) electrons. The minimum Gasteiger partial charge on any atom is -0.250 e. The number of pyridine rings is 1. The van der Waals surface area contributed by atoms with E-state index in [1.54, 1.807) is 0 Å². The molecule has 0 atom stereocenters. The van der Waals surface area contributed by atoms with Crippen molar-refractivity contribution in [3.63, 3.8) is 0 Å². The van der Waals surface area contributed by atoms with Crippen molar-refractivity contribution in [2.75, 3.05) is 0 Å². The number of rotatable bonds is 1. The van der Waals surface area contributed by atoms with Crippen LogP contribution in [0.1, 0.15) is 5.69 Å². The van der Waals surface area contributed by atoms with Gasteiger partial charge in [-0.2, -0.15) is 18.3 Å². The standard InChI is InChI=1S/C8H5F3N4/c9-8(10,11)7-6(2-1-3-13-7)15-5-12-4-14-15/h1-5H. The van der Waals surface area contributed by atoms with Crippen LogP contribution in [0.2, 0.25) is 0 Å². The fraction of sp³-hybridized carbons (Fsp3) is 0.125. The molecule has 0 N–H and O–H groups in total. The molecule has 0 spiro atoms. The Hall–Kier alpha value is -1.92. The highest BCUT2D eigenvalue weighted by molar-refractivity contribution is 5.36. The van der Waals surface area contributed by atoms with Crippen LogP contribution in [0.3, 0.4) is 0 Å². The van der Waals surface area contributed by atoms with E-state index in [1.165, 1.54) is 18.5 Å². The highest BCUT2D eigenvalue weighted by Crippen LogP contribution is 2.31. The van der Waals surface area contributed by atoms with E-state index in [9.17, 15) is 13.2 Å². The lowest BCUT2D eigenvalue weighted by Crippen LogP contribution is -2.13. The number of nitrogens with zero attached hydrogens (tertiary/aromatic N) is 4. The summed E-state index contributed by atoms with van der Waals surface area (Å²) in [5, 5.41) is 3.63. The third kappa shape index (κ3) is 1.80. The molecule has 2 heterocycles. The zero-order chi connectivity index (χ0) is 10.9. The van der Waals surface area contributed by atoms with Crippen molar-refractivity contribution in [2.45, 2.75) is 6.18 Å². The van der Waals surface area contributed by atoms with Crippen LogP contribution in [0.5, 0.6) is 0 Å². The molecule has 0 amide bonds. The molecule has 0 saturated heterocycles.